The first-order valence-electron chi connectivity index (χ1n) is 9.22. The molecule has 0 bridgehead atoms. The van der Waals surface area contributed by atoms with E-state index < -0.39 is 0 Å². The van der Waals surface area contributed by atoms with Crippen molar-refractivity contribution in [3.63, 3.8) is 0 Å². The molecule has 4 rings (SSSR count). The average Bonchev–Trinajstić information content (AvgIpc) is 2.95. The number of hydrogen-bond acceptors (Lipinski definition) is 3. The van der Waals surface area contributed by atoms with Crippen LogP contribution in [0.15, 0.2) is 24.3 Å². The van der Waals surface area contributed by atoms with Crippen LogP contribution in [-0.2, 0) is 0 Å². The first-order valence-corrected chi connectivity index (χ1v) is 9.22. The third-order valence-corrected chi connectivity index (χ3v) is 5.32. The maximum atomic E-state index is 4.83. The van der Waals surface area contributed by atoms with E-state index in [0.717, 1.165) is 11.2 Å². The fourth-order valence-corrected chi connectivity index (χ4v) is 4.07. The van der Waals surface area contributed by atoms with Gasteiger partial charge >= 0.3 is 0 Å². The summed E-state index contributed by atoms with van der Waals surface area (Å²) < 4.78 is 0. The van der Waals surface area contributed by atoms with Crippen molar-refractivity contribution in [2.24, 2.45) is 0 Å². The van der Waals surface area contributed by atoms with Gasteiger partial charge in [-0.15, -0.1) is 0 Å². The Balaban J connectivity index is 1.73. The fraction of sp³-hybridized carbons (Fsp3) is 0.550. The molecule has 0 N–H and O–H groups in total. The minimum Gasteiger partial charge on any atom is -0.371 e. The number of aryl methyl sites for hydroxylation is 1. The third-order valence-electron chi connectivity index (χ3n) is 5.32. The molecule has 23 heavy (non-hydrogen) atoms. The van der Waals surface area contributed by atoms with Gasteiger partial charge in [0.2, 0.25) is 0 Å². The maximum absolute atomic E-state index is 4.83. The van der Waals surface area contributed by atoms with E-state index in [9.17, 15) is 0 Å². The molecule has 0 amide bonds. The van der Waals surface area contributed by atoms with Crippen LogP contribution < -0.4 is 9.80 Å². The molecule has 0 atom stereocenters. The third kappa shape index (κ3) is 3.01. The minimum absolute atomic E-state index is 1.13. The van der Waals surface area contributed by atoms with Crippen LogP contribution in [0.25, 0.3) is 10.9 Å². The van der Waals surface area contributed by atoms with Gasteiger partial charge in [0, 0.05) is 48.6 Å². The van der Waals surface area contributed by atoms with Crippen LogP contribution in [0.1, 0.15) is 44.2 Å². The van der Waals surface area contributed by atoms with Crippen molar-refractivity contribution in [1.29, 1.82) is 0 Å². The van der Waals surface area contributed by atoms with Crippen LogP contribution in [0.2, 0.25) is 0 Å². The normalized spacial score (nSPS) is 19.3. The molecule has 2 fully saturated rings. The summed E-state index contributed by atoms with van der Waals surface area (Å²) in [6, 6.07) is 9.19. The molecule has 1 aromatic carbocycles. The predicted molar refractivity (Wildman–Crippen MR) is 98.6 cm³/mol. The van der Waals surface area contributed by atoms with Gasteiger partial charge in [-0.2, -0.15) is 0 Å². The zero-order valence-electron chi connectivity index (χ0n) is 14.2. The molecule has 0 radical (unpaired) electrons. The Morgan fingerprint density at radius 3 is 2.17 bits per heavy atom. The van der Waals surface area contributed by atoms with Gasteiger partial charge < -0.3 is 9.80 Å². The zero-order chi connectivity index (χ0) is 15.6. The maximum Gasteiger partial charge on any atom is 0.0746 e. The molecule has 2 aliphatic rings. The summed E-state index contributed by atoms with van der Waals surface area (Å²) in [5.74, 6) is 0. The van der Waals surface area contributed by atoms with Crippen LogP contribution in [0.5, 0.6) is 0 Å². The highest BCUT2D eigenvalue weighted by molar-refractivity contribution is 5.94. The van der Waals surface area contributed by atoms with Crippen molar-refractivity contribution in [3.8, 4) is 0 Å². The van der Waals surface area contributed by atoms with Gasteiger partial charge in [-0.25, -0.2) is 0 Å². The number of nitrogens with zero attached hydrogens (tertiary/aromatic N) is 3. The Hall–Kier alpha value is -1.77. The highest BCUT2D eigenvalue weighted by Gasteiger charge is 2.17. The number of hydrogen-bond donors (Lipinski definition) is 0. The standard InChI is InChI=1S/C20H27N3/c1-16-14-20(23-12-6-7-13-23)18-9-8-17(15-19(18)21-16)22-10-4-2-3-5-11-22/h8-9,14-15H,2-7,10-13H2,1H3. The highest BCUT2D eigenvalue weighted by atomic mass is 15.1. The summed E-state index contributed by atoms with van der Waals surface area (Å²) in [6.45, 7) is 6.88. The summed E-state index contributed by atoms with van der Waals surface area (Å²) in [4.78, 5) is 9.91. The lowest BCUT2D eigenvalue weighted by Gasteiger charge is -2.24. The molecule has 3 nitrogen and oxygen atoms in total. The molecule has 0 saturated carbocycles. The molecule has 3 heteroatoms. The van der Waals surface area contributed by atoms with E-state index in [2.05, 4.69) is 41.0 Å². The Bertz CT molecular complexity index is 681. The quantitative estimate of drug-likeness (QED) is 0.813. The second-order valence-corrected chi connectivity index (χ2v) is 7.08. The predicted octanol–water partition coefficient (Wildman–Crippen LogP) is 4.52. The summed E-state index contributed by atoms with van der Waals surface area (Å²) in [5.41, 5.74) is 5.03. The van der Waals surface area contributed by atoms with Gasteiger partial charge in [0.15, 0.2) is 0 Å². The van der Waals surface area contributed by atoms with E-state index in [0.29, 0.717) is 0 Å². The lowest BCUT2D eigenvalue weighted by atomic mass is 10.1. The van der Waals surface area contributed by atoms with E-state index >= 15 is 0 Å². The zero-order valence-corrected chi connectivity index (χ0v) is 14.2. The smallest absolute Gasteiger partial charge is 0.0746 e. The molecule has 1 aromatic heterocycles. The van der Waals surface area contributed by atoms with Gasteiger partial charge in [0.1, 0.15) is 0 Å². The Morgan fingerprint density at radius 2 is 1.43 bits per heavy atom. The lowest BCUT2D eigenvalue weighted by molar-refractivity contribution is 0.726. The Kier molecular flexibility index (Phi) is 4.11. The fourth-order valence-electron chi connectivity index (χ4n) is 4.07. The summed E-state index contributed by atoms with van der Waals surface area (Å²) in [5, 5.41) is 1.32. The van der Waals surface area contributed by atoms with E-state index in [1.165, 1.54) is 81.5 Å². The number of pyridine rings is 1. The Labute approximate surface area is 139 Å². The summed E-state index contributed by atoms with van der Waals surface area (Å²) in [6.07, 6.45) is 8.02. The highest BCUT2D eigenvalue weighted by Crippen LogP contribution is 2.32. The van der Waals surface area contributed by atoms with Crippen LogP contribution in [0.3, 0.4) is 0 Å². The monoisotopic (exact) mass is 309 g/mol. The van der Waals surface area contributed by atoms with Crippen molar-refractivity contribution in [3.05, 3.63) is 30.0 Å². The molecule has 122 valence electrons. The lowest BCUT2D eigenvalue weighted by Crippen LogP contribution is -2.23. The van der Waals surface area contributed by atoms with Crippen molar-refractivity contribution in [2.75, 3.05) is 36.0 Å². The molecular weight excluding hydrogens is 282 g/mol. The van der Waals surface area contributed by atoms with Crippen molar-refractivity contribution in [2.45, 2.75) is 45.4 Å². The van der Waals surface area contributed by atoms with E-state index in [-0.39, 0.29) is 0 Å². The van der Waals surface area contributed by atoms with E-state index in [1.54, 1.807) is 0 Å². The summed E-state index contributed by atoms with van der Waals surface area (Å²) >= 11 is 0. The second-order valence-electron chi connectivity index (χ2n) is 7.08. The topological polar surface area (TPSA) is 19.4 Å². The number of fused-ring (bicyclic) bond motifs is 1. The van der Waals surface area contributed by atoms with Gasteiger partial charge in [-0.3, -0.25) is 4.98 Å². The van der Waals surface area contributed by atoms with Gasteiger partial charge in [-0.05, 0) is 56.9 Å². The van der Waals surface area contributed by atoms with Crippen LogP contribution in [0, 0.1) is 6.92 Å². The van der Waals surface area contributed by atoms with Gasteiger partial charge in [0.05, 0.1) is 5.52 Å². The number of rotatable bonds is 2. The largest absolute Gasteiger partial charge is 0.371 e. The minimum atomic E-state index is 1.13. The second kappa shape index (κ2) is 6.38. The summed E-state index contributed by atoms with van der Waals surface area (Å²) in [7, 11) is 0. The first kappa shape index (κ1) is 14.8. The van der Waals surface area contributed by atoms with E-state index in [4.69, 9.17) is 4.98 Å². The van der Waals surface area contributed by atoms with Crippen molar-refractivity contribution in [1.82, 2.24) is 4.98 Å². The van der Waals surface area contributed by atoms with E-state index in [1.807, 2.05) is 0 Å². The average molecular weight is 309 g/mol. The molecule has 2 aliphatic heterocycles. The molecule has 0 aliphatic carbocycles. The molecule has 3 heterocycles. The molecule has 0 unspecified atom stereocenters. The van der Waals surface area contributed by atoms with Crippen molar-refractivity contribution < 1.29 is 0 Å². The van der Waals surface area contributed by atoms with Crippen molar-refractivity contribution >= 4 is 22.3 Å². The molecule has 2 saturated heterocycles. The number of anilines is 2. The number of benzene rings is 1. The van der Waals surface area contributed by atoms with Crippen LogP contribution >= 0.6 is 0 Å². The first-order chi connectivity index (χ1) is 11.3. The van der Waals surface area contributed by atoms with Crippen LogP contribution in [-0.4, -0.2) is 31.2 Å². The number of aromatic nitrogens is 1. The molecule has 0 spiro atoms. The van der Waals surface area contributed by atoms with Gasteiger partial charge in [0.25, 0.3) is 0 Å². The Morgan fingerprint density at radius 1 is 0.783 bits per heavy atom. The SMILES string of the molecule is Cc1cc(N2CCCC2)c2ccc(N3CCCCCC3)cc2n1. The molecular formula is C20H27N3. The van der Waals surface area contributed by atoms with Gasteiger partial charge in [-0.1, -0.05) is 12.8 Å². The van der Waals surface area contributed by atoms with Crippen LogP contribution in [0.4, 0.5) is 11.4 Å². The molecule has 2 aromatic rings.